The molecule has 0 amide bonds. The van der Waals surface area contributed by atoms with Crippen LogP contribution in [0.2, 0.25) is 0 Å². The molecular weight excluding hydrogens is 280 g/mol. The van der Waals surface area contributed by atoms with E-state index in [1.165, 1.54) is 6.92 Å². The summed E-state index contributed by atoms with van der Waals surface area (Å²) < 4.78 is 55.1. The first-order valence-corrected chi connectivity index (χ1v) is 5.64. The van der Waals surface area contributed by atoms with Gasteiger partial charge in [-0.15, -0.1) is 0 Å². The molecule has 1 aromatic carbocycles. The molecule has 20 heavy (non-hydrogen) atoms. The summed E-state index contributed by atoms with van der Waals surface area (Å²) in [6.45, 7) is 1.40. The van der Waals surface area contributed by atoms with Crippen molar-refractivity contribution < 1.29 is 31.9 Å². The third-order valence-corrected chi connectivity index (χ3v) is 2.64. The lowest BCUT2D eigenvalue weighted by Crippen LogP contribution is -2.17. The SMILES string of the molecule is COC(=O)C(C)CC(=O)c1cc(F)cc(C(F)(F)F)c1. The fourth-order valence-electron chi connectivity index (χ4n) is 1.59. The average molecular weight is 292 g/mol. The van der Waals surface area contributed by atoms with E-state index in [0.717, 1.165) is 7.11 Å². The number of carbonyl (C=O) groups excluding carboxylic acids is 2. The molecule has 0 aliphatic rings. The van der Waals surface area contributed by atoms with Crippen molar-refractivity contribution in [1.29, 1.82) is 0 Å². The molecule has 0 spiro atoms. The highest BCUT2D eigenvalue weighted by Crippen LogP contribution is 2.30. The van der Waals surface area contributed by atoms with E-state index in [9.17, 15) is 27.2 Å². The van der Waals surface area contributed by atoms with Gasteiger partial charge in [-0.05, 0) is 18.2 Å². The lowest BCUT2D eigenvalue weighted by atomic mass is 9.98. The maximum atomic E-state index is 13.1. The van der Waals surface area contributed by atoms with Crippen LogP contribution in [0.4, 0.5) is 17.6 Å². The molecule has 0 saturated heterocycles. The number of hydrogen-bond donors (Lipinski definition) is 0. The zero-order chi connectivity index (χ0) is 15.5. The number of hydrogen-bond acceptors (Lipinski definition) is 3. The van der Waals surface area contributed by atoms with Crippen molar-refractivity contribution in [3.8, 4) is 0 Å². The predicted molar refractivity (Wildman–Crippen MR) is 61.5 cm³/mol. The fraction of sp³-hybridized carbons (Fsp3) is 0.385. The third kappa shape index (κ3) is 4.04. The maximum absolute atomic E-state index is 13.1. The van der Waals surface area contributed by atoms with Gasteiger partial charge in [-0.25, -0.2) is 4.39 Å². The highest BCUT2D eigenvalue weighted by molar-refractivity contribution is 5.98. The standard InChI is InChI=1S/C13H12F4O3/c1-7(12(19)20-2)3-11(18)8-4-9(13(15,16)17)6-10(14)5-8/h4-7H,3H2,1-2H3. The van der Waals surface area contributed by atoms with Gasteiger partial charge in [-0.3, -0.25) is 9.59 Å². The summed E-state index contributed by atoms with van der Waals surface area (Å²) in [6.07, 6.45) is -5.10. The maximum Gasteiger partial charge on any atom is 0.416 e. The number of methoxy groups -OCH3 is 1. The first kappa shape index (κ1) is 16.1. The number of Topliss-reactive ketones (excluding diaryl/α,β-unsaturated/α-hetero) is 1. The van der Waals surface area contributed by atoms with E-state index in [4.69, 9.17) is 0 Å². The number of rotatable bonds is 4. The zero-order valence-corrected chi connectivity index (χ0v) is 10.8. The molecule has 0 bridgehead atoms. The van der Waals surface area contributed by atoms with Gasteiger partial charge >= 0.3 is 12.1 Å². The minimum absolute atomic E-state index is 0.306. The highest BCUT2D eigenvalue weighted by Gasteiger charge is 2.32. The molecule has 7 heteroatoms. The molecule has 0 heterocycles. The van der Waals surface area contributed by atoms with Crippen LogP contribution < -0.4 is 0 Å². The van der Waals surface area contributed by atoms with Gasteiger partial charge in [0.25, 0.3) is 0 Å². The van der Waals surface area contributed by atoms with E-state index in [0.29, 0.717) is 18.2 Å². The quantitative estimate of drug-likeness (QED) is 0.486. The van der Waals surface area contributed by atoms with E-state index in [1.807, 2.05) is 0 Å². The summed E-state index contributed by atoms with van der Waals surface area (Å²) in [6, 6.07) is 1.58. The van der Waals surface area contributed by atoms with Gasteiger partial charge in [-0.1, -0.05) is 6.92 Å². The van der Waals surface area contributed by atoms with Crippen LogP contribution >= 0.6 is 0 Å². The first-order chi connectivity index (χ1) is 9.15. The largest absolute Gasteiger partial charge is 0.469 e. The van der Waals surface area contributed by atoms with E-state index in [2.05, 4.69) is 4.74 Å². The van der Waals surface area contributed by atoms with Crippen LogP contribution in [0.25, 0.3) is 0 Å². The smallest absolute Gasteiger partial charge is 0.416 e. The number of ether oxygens (including phenoxy) is 1. The van der Waals surface area contributed by atoms with Gasteiger partial charge < -0.3 is 4.74 Å². The average Bonchev–Trinajstić information content (AvgIpc) is 2.35. The minimum Gasteiger partial charge on any atom is -0.469 e. The van der Waals surface area contributed by atoms with Crippen molar-refractivity contribution in [2.24, 2.45) is 5.92 Å². The Bertz CT molecular complexity index is 523. The van der Waals surface area contributed by atoms with Crippen molar-refractivity contribution in [2.75, 3.05) is 7.11 Å². The van der Waals surface area contributed by atoms with Gasteiger partial charge in [0.15, 0.2) is 5.78 Å². The van der Waals surface area contributed by atoms with E-state index in [1.54, 1.807) is 0 Å². The number of esters is 1. The van der Waals surface area contributed by atoms with Crippen LogP contribution in [-0.2, 0) is 15.7 Å². The van der Waals surface area contributed by atoms with Crippen molar-refractivity contribution in [2.45, 2.75) is 19.5 Å². The topological polar surface area (TPSA) is 43.4 Å². The summed E-state index contributed by atoms with van der Waals surface area (Å²) in [5, 5.41) is 0. The molecule has 0 fully saturated rings. The van der Waals surface area contributed by atoms with Gasteiger partial charge in [0, 0.05) is 12.0 Å². The second kappa shape index (κ2) is 6.02. The molecule has 1 atom stereocenters. The number of alkyl halides is 3. The Kier molecular flexibility index (Phi) is 4.86. The summed E-state index contributed by atoms with van der Waals surface area (Å²) in [5.41, 5.74) is -1.67. The van der Waals surface area contributed by atoms with Crippen LogP contribution in [-0.4, -0.2) is 18.9 Å². The highest BCUT2D eigenvalue weighted by atomic mass is 19.4. The molecule has 3 nitrogen and oxygen atoms in total. The van der Waals surface area contributed by atoms with Gasteiger partial charge in [0.1, 0.15) is 5.82 Å². The molecule has 0 N–H and O–H groups in total. The third-order valence-electron chi connectivity index (χ3n) is 2.64. The Balaban J connectivity index is 2.99. The fourth-order valence-corrected chi connectivity index (χ4v) is 1.59. The molecular formula is C13H12F4O3. The number of carbonyl (C=O) groups is 2. The molecule has 0 radical (unpaired) electrons. The van der Waals surface area contributed by atoms with Gasteiger partial charge in [0.2, 0.25) is 0 Å². The lowest BCUT2D eigenvalue weighted by molar-refractivity contribution is -0.144. The van der Waals surface area contributed by atoms with E-state index in [-0.39, 0.29) is 6.42 Å². The molecule has 0 aliphatic carbocycles. The van der Waals surface area contributed by atoms with E-state index < -0.39 is 40.8 Å². The summed E-state index contributed by atoms with van der Waals surface area (Å²) in [5.74, 6) is -3.39. The summed E-state index contributed by atoms with van der Waals surface area (Å²) in [4.78, 5) is 22.9. The first-order valence-electron chi connectivity index (χ1n) is 5.64. The van der Waals surface area contributed by atoms with Gasteiger partial charge in [-0.2, -0.15) is 13.2 Å². The predicted octanol–water partition coefficient (Wildman–Crippen LogP) is 3.23. The number of halogens is 4. The van der Waals surface area contributed by atoms with Crippen molar-refractivity contribution in [1.82, 2.24) is 0 Å². The van der Waals surface area contributed by atoms with Crippen LogP contribution in [0, 0.1) is 11.7 Å². The molecule has 110 valence electrons. The van der Waals surface area contributed by atoms with E-state index >= 15 is 0 Å². The Morgan fingerprint density at radius 2 is 1.85 bits per heavy atom. The molecule has 0 saturated carbocycles. The van der Waals surface area contributed by atoms with Crippen molar-refractivity contribution in [3.63, 3.8) is 0 Å². The number of ketones is 1. The summed E-state index contributed by atoms with van der Waals surface area (Å²) >= 11 is 0. The van der Waals surface area contributed by atoms with Gasteiger partial charge in [0.05, 0.1) is 18.6 Å². The normalized spacial score (nSPS) is 12.9. The van der Waals surface area contributed by atoms with Crippen LogP contribution in [0.5, 0.6) is 0 Å². The van der Waals surface area contributed by atoms with Crippen LogP contribution in [0.3, 0.4) is 0 Å². The molecule has 0 aromatic heterocycles. The molecule has 1 aromatic rings. The Morgan fingerprint density at radius 1 is 1.25 bits per heavy atom. The van der Waals surface area contributed by atoms with Crippen LogP contribution in [0.1, 0.15) is 29.3 Å². The van der Waals surface area contributed by atoms with Crippen molar-refractivity contribution in [3.05, 3.63) is 35.1 Å². The zero-order valence-electron chi connectivity index (χ0n) is 10.8. The van der Waals surface area contributed by atoms with Crippen molar-refractivity contribution >= 4 is 11.8 Å². The monoisotopic (exact) mass is 292 g/mol. The number of benzene rings is 1. The second-order valence-corrected chi connectivity index (χ2v) is 4.28. The minimum atomic E-state index is -4.74. The second-order valence-electron chi connectivity index (χ2n) is 4.28. The Morgan fingerprint density at radius 3 is 2.35 bits per heavy atom. The Hall–Kier alpha value is -1.92. The lowest BCUT2D eigenvalue weighted by Gasteiger charge is -2.11. The summed E-state index contributed by atoms with van der Waals surface area (Å²) in [7, 11) is 1.13. The molecule has 1 rings (SSSR count). The Labute approximate surface area is 112 Å². The molecule has 0 aliphatic heterocycles. The molecule has 1 unspecified atom stereocenters. The van der Waals surface area contributed by atoms with Crippen LogP contribution in [0.15, 0.2) is 18.2 Å².